The molecule has 1 N–H and O–H groups in total. The van der Waals surface area contributed by atoms with Crippen LogP contribution in [0.25, 0.3) is 21.9 Å². The van der Waals surface area contributed by atoms with Crippen molar-refractivity contribution in [1.82, 2.24) is 9.71 Å². The molecule has 0 aliphatic rings. The van der Waals surface area contributed by atoms with Gasteiger partial charge in [-0.05, 0) is 59.2 Å². The maximum atomic E-state index is 12.5. The minimum absolute atomic E-state index is 0.179. The molecular weight excluding hydrogens is 420 g/mol. The lowest BCUT2D eigenvalue weighted by atomic mass is 9.95. The van der Waals surface area contributed by atoms with E-state index in [-0.39, 0.29) is 12.3 Å². The number of sulfonamides is 1. The SMILES string of the molecule is CCCCCCCCS(=O)(=O)NCc1ccc(-c2ccc(OC)c(C)c2)c2ccncc12. The summed E-state index contributed by atoms with van der Waals surface area (Å²) in [6.07, 6.45) is 9.95. The zero-order chi connectivity index (χ0) is 23.0. The van der Waals surface area contributed by atoms with Gasteiger partial charge in [-0.25, -0.2) is 13.1 Å². The van der Waals surface area contributed by atoms with E-state index in [4.69, 9.17) is 4.74 Å². The van der Waals surface area contributed by atoms with Gasteiger partial charge in [-0.2, -0.15) is 0 Å². The van der Waals surface area contributed by atoms with Crippen molar-refractivity contribution in [2.75, 3.05) is 12.9 Å². The van der Waals surface area contributed by atoms with Gasteiger partial charge < -0.3 is 4.74 Å². The summed E-state index contributed by atoms with van der Waals surface area (Å²) in [5, 5.41) is 2.01. The predicted molar refractivity (Wildman–Crippen MR) is 132 cm³/mol. The Kier molecular flexibility index (Phi) is 8.65. The highest BCUT2D eigenvalue weighted by molar-refractivity contribution is 7.89. The summed E-state index contributed by atoms with van der Waals surface area (Å²) in [6.45, 7) is 4.47. The van der Waals surface area contributed by atoms with Crippen LogP contribution in [-0.2, 0) is 16.6 Å². The van der Waals surface area contributed by atoms with Gasteiger partial charge in [0.2, 0.25) is 10.0 Å². The van der Waals surface area contributed by atoms with Gasteiger partial charge >= 0.3 is 0 Å². The third kappa shape index (κ3) is 6.30. The van der Waals surface area contributed by atoms with Gasteiger partial charge in [0, 0.05) is 24.3 Å². The lowest BCUT2D eigenvalue weighted by molar-refractivity contribution is 0.412. The fraction of sp³-hybridized carbons (Fsp3) is 0.423. The second-order valence-electron chi connectivity index (χ2n) is 8.29. The topological polar surface area (TPSA) is 68.3 Å². The number of hydrogen-bond acceptors (Lipinski definition) is 4. The zero-order valence-corrected chi connectivity index (χ0v) is 20.2. The van der Waals surface area contributed by atoms with Crippen molar-refractivity contribution in [3.63, 3.8) is 0 Å². The highest BCUT2D eigenvalue weighted by Gasteiger charge is 2.13. The molecule has 0 bridgehead atoms. The number of aryl methyl sites for hydroxylation is 1. The number of aromatic nitrogens is 1. The number of nitrogens with zero attached hydrogens (tertiary/aromatic N) is 1. The first-order valence-corrected chi connectivity index (χ1v) is 13.1. The minimum Gasteiger partial charge on any atom is -0.496 e. The first kappa shape index (κ1) is 24.2. The van der Waals surface area contributed by atoms with Gasteiger partial charge in [0.15, 0.2) is 0 Å². The summed E-state index contributed by atoms with van der Waals surface area (Å²) in [5.41, 5.74) is 4.17. The van der Waals surface area contributed by atoms with Crippen LogP contribution in [0.2, 0.25) is 0 Å². The third-order valence-corrected chi connectivity index (χ3v) is 7.27. The molecule has 1 aromatic heterocycles. The fourth-order valence-electron chi connectivity index (χ4n) is 4.03. The maximum Gasteiger partial charge on any atom is 0.211 e. The van der Waals surface area contributed by atoms with Crippen molar-refractivity contribution in [3.05, 3.63) is 59.9 Å². The molecule has 0 aliphatic carbocycles. The quantitative estimate of drug-likeness (QED) is 0.341. The first-order valence-electron chi connectivity index (χ1n) is 11.4. The van der Waals surface area contributed by atoms with Gasteiger partial charge in [-0.3, -0.25) is 4.98 Å². The molecular formula is C26H34N2O3S. The summed E-state index contributed by atoms with van der Waals surface area (Å²) in [4.78, 5) is 4.29. The zero-order valence-electron chi connectivity index (χ0n) is 19.4. The highest BCUT2D eigenvalue weighted by atomic mass is 32.2. The Bertz CT molecular complexity index is 1140. The Balaban J connectivity index is 1.74. The number of nitrogens with one attached hydrogen (secondary N) is 1. The van der Waals surface area contributed by atoms with Crippen LogP contribution in [-0.4, -0.2) is 26.3 Å². The fourth-order valence-corrected chi connectivity index (χ4v) is 5.14. The molecule has 0 aliphatic heterocycles. The summed E-state index contributed by atoms with van der Waals surface area (Å²) >= 11 is 0. The molecule has 0 spiro atoms. The number of ether oxygens (including phenoxy) is 1. The molecule has 32 heavy (non-hydrogen) atoms. The molecule has 3 aromatic rings. The Morgan fingerprint density at radius 1 is 0.969 bits per heavy atom. The smallest absolute Gasteiger partial charge is 0.211 e. The number of unbranched alkanes of at least 4 members (excludes halogenated alkanes) is 5. The molecule has 0 radical (unpaired) electrons. The van der Waals surface area contributed by atoms with Crippen LogP contribution in [0.5, 0.6) is 5.75 Å². The molecule has 6 heteroatoms. The largest absolute Gasteiger partial charge is 0.496 e. The van der Waals surface area contributed by atoms with Gasteiger partial charge in [-0.15, -0.1) is 0 Å². The summed E-state index contributed by atoms with van der Waals surface area (Å²) < 4.78 is 33.1. The van der Waals surface area contributed by atoms with E-state index in [1.807, 2.05) is 37.4 Å². The van der Waals surface area contributed by atoms with E-state index in [0.717, 1.165) is 51.6 Å². The Morgan fingerprint density at radius 3 is 2.50 bits per heavy atom. The van der Waals surface area contributed by atoms with Crippen molar-refractivity contribution in [3.8, 4) is 16.9 Å². The Morgan fingerprint density at radius 2 is 1.75 bits per heavy atom. The van der Waals surface area contributed by atoms with Crippen LogP contribution in [0.3, 0.4) is 0 Å². The number of methoxy groups -OCH3 is 1. The summed E-state index contributed by atoms with van der Waals surface area (Å²) in [6, 6.07) is 12.2. The van der Waals surface area contributed by atoms with Crippen molar-refractivity contribution in [2.24, 2.45) is 0 Å². The van der Waals surface area contributed by atoms with E-state index in [1.165, 1.54) is 19.3 Å². The predicted octanol–water partition coefficient (Wildman–Crippen LogP) is 6.00. The van der Waals surface area contributed by atoms with E-state index >= 15 is 0 Å². The van der Waals surface area contributed by atoms with Crippen LogP contribution < -0.4 is 9.46 Å². The summed E-state index contributed by atoms with van der Waals surface area (Å²) in [7, 11) is -1.63. The number of rotatable bonds is 12. The van der Waals surface area contributed by atoms with E-state index < -0.39 is 10.0 Å². The average molecular weight is 455 g/mol. The molecule has 0 fully saturated rings. The molecule has 0 unspecified atom stereocenters. The van der Waals surface area contributed by atoms with Crippen LogP contribution in [0, 0.1) is 6.92 Å². The standard InChI is InChI=1S/C26H34N2O3S/c1-4-5-6-7-8-9-16-32(29,30)28-18-22-10-12-23(24-14-15-27-19-25(22)24)21-11-13-26(31-3)20(2)17-21/h10-15,17,19,28H,4-9,16,18H2,1-3H3. The minimum atomic E-state index is -3.30. The van der Waals surface area contributed by atoms with E-state index in [2.05, 4.69) is 28.8 Å². The number of hydrogen-bond donors (Lipinski definition) is 1. The van der Waals surface area contributed by atoms with Crippen LogP contribution in [0.15, 0.2) is 48.8 Å². The molecule has 2 aromatic carbocycles. The molecule has 5 nitrogen and oxygen atoms in total. The van der Waals surface area contributed by atoms with Crippen LogP contribution in [0.1, 0.15) is 56.6 Å². The molecule has 172 valence electrons. The maximum absolute atomic E-state index is 12.5. The normalized spacial score (nSPS) is 11.7. The Hall–Kier alpha value is -2.44. The highest BCUT2D eigenvalue weighted by Crippen LogP contribution is 2.33. The van der Waals surface area contributed by atoms with Gasteiger partial charge in [0.25, 0.3) is 0 Å². The van der Waals surface area contributed by atoms with Crippen molar-refractivity contribution in [1.29, 1.82) is 0 Å². The molecule has 0 saturated carbocycles. The lowest BCUT2D eigenvalue weighted by Gasteiger charge is -2.14. The number of pyridine rings is 1. The average Bonchev–Trinajstić information content (AvgIpc) is 2.79. The monoisotopic (exact) mass is 454 g/mol. The van der Waals surface area contributed by atoms with E-state index in [9.17, 15) is 8.42 Å². The van der Waals surface area contributed by atoms with Crippen molar-refractivity contribution >= 4 is 20.8 Å². The molecule has 0 saturated heterocycles. The molecule has 0 amide bonds. The van der Waals surface area contributed by atoms with Gasteiger partial charge in [0.1, 0.15) is 5.75 Å². The Labute approximate surface area is 192 Å². The molecule has 3 rings (SSSR count). The van der Waals surface area contributed by atoms with Gasteiger partial charge in [0.05, 0.1) is 12.9 Å². The molecule has 1 heterocycles. The van der Waals surface area contributed by atoms with Gasteiger partial charge in [-0.1, -0.05) is 57.2 Å². The lowest BCUT2D eigenvalue weighted by Crippen LogP contribution is -2.26. The number of benzene rings is 2. The second-order valence-corrected chi connectivity index (χ2v) is 10.2. The van der Waals surface area contributed by atoms with Crippen LogP contribution in [0.4, 0.5) is 0 Å². The van der Waals surface area contributed by atoms with E-state index in [1.54, 1.807) is 13.3 Å². The molecule has 0 atom stereocenters. The summed E-state index contributed by atoms with van der Waals surface area (Å²) in [5.74, 6) is 1.04. The van der Waals surface area contributed by atoms with Crippen molar-refractivity contribution < 1.29 is 13.2 Å². The van der Waals surface area contributed by atoms with E-state index in [0.29, 0.717) is 6.42 Å². The third-order valence-electron chi connectivity index (χ3n) is 5.86. The number of fused-ring (bicyclic) bond motifs is 1. The second kappa shape index (κ2) is 11.4. The van der Waals surface area contributed by atoms with Crippen LogP contribution >= 0.6 is 0 Å². The van der Waals surface area contributed by atoms with Crippen molar-refractivity contribution in [2.45, 2.75) is 58.9 Å². The first-order chi connectivity index (χ1) is 15.4.